The van der Waals surface area contributed by atoms with Crippen molar-refractivity contribution in [3.05, 3.63) is 29.8 Å². The molecule has 2 saturated carbocycles. The van der Waals surface area contributed by atoms with E-state index in [1.165, 1.54) is 12.8 Å². The molecule has 0 aromatic heterocycles. The van der Waals surface area contributed by atoms with E-state index in [9.17, 15) is 14.4 Å². The molecule has 0 unspecified atom stereocenters. The lowest BCUT2D eigenvalue weighted by Crippen LogP contribution is -2.35. The molecule has 2 saturated heterocycles. The number of nitrogens with one attached hydrogen (secondary N) is 1. The average Bonchev–Trinajstić information content (AvgIpc) is 3.21. The molecule has 0 radical (unpaired) electrons. The summed E-state index contributed by atoms with van der Waals surface area (Å²) in [5.41, 5.74) is 1.32. The molecule has 28 heavy (non-hydrogen) atoms. The van der Waals surface area contributed by atoms with Gasteiger partial charge in [0.15, 0.2) is 0 Å². The van der Waals surface area contributed by atoms with Crippen molar-refractivity contribution >= 4 is 23.5 Å². The zero-order valence-corrected chi connectivity index (χ0v) is 15.9. The van der Waals surface area contributed by atoms with Gasteiger partial charge in [-0.2, -0.15) is 0 Å². The summed E-state index contributed by atoms with van der Waals surface area (Å²) in [6.45, 7) is 1.64. The number of fused-ring (bicyclic) bond motifs is 1. The Bertz CT molecular complexity index is 795. The van der Waals surface area contributed by atoms with Crippen LogP contribution in [0.1, 0.15) is 48.9 Å². The standard InChI is InChI=1S/C22H26N2O4/c25-20(18-14-11-16-17(12-14)28-22(27)19(16)18)23-15-7-5-13(6-8-15)21(26)24-9-3-1-2-4-10-24/h5-8,14,16-19H,1-4,9-12H2,(H,23,25)/t14-,16-,17-,18-,19+/m1/s1. The van der Waals surface area contributed by atoms with Gasteiger partial charge < -0.3 is 15.0 Å². The van der Waals surface area contributed by atoms with Crippen molar-refractivity contribution in [1.82, 2.24) is 4.90 Å². The van der Waals surface area contributed by atoms with Crippen molar-refractivity contribution in [1.29, 1.82) is 0 Å². The Morgan fingerprint density at radius 2 is 1.71 bits per heavy atom. The molecule has 2 aliphatic heterocycles. The van der Waals surface area contributed by atoms with E-state index >= 15 is 0 Å². The molecule has 2 bridgehead atoms. The number of rotatable bonds is 3. The lowest BCUT2D eigenvalue weighted by Gasteiger charge is -2.23. The molecular formula is C22H26N2O4. The molecule has 6 heteroatoms. The summed E-state index contributed by atoms with van der Waals surface area (Å²) in [4.78, 5) is 39.6. The molecule has 1 aromatic rings. The predicted molar refractivity (Wildman–Crippen MR) is 103 cm³/mol. The van der Waals surface area contributed by atoms with Crippen molar-refractivity contribution in [2.24, 2.45) is 23.7 Å². The number of benzene rings is 1. The van der Waals surface area contributed by atoms with E-state index in [4.69, 9.17) is 4.74 Å². The van der Waals surface area contributed by atoms with E-state index in [1.54, 1.807) is 24.3 Å². The summed E-state index contributed by atoms with van der Waals surface area (Å²) in [7, 11) is 0. The maximum atomic E-state index is 12.8. The Morgan fingerprint density at radius 1 is 1.00 bits per heavy atom. The highest BCUT2D eigenvalue weighted by atomic mass is 16.6. The molecule has 4 aliphatic rings. The van der Waals surface area contributed by atoms with Crippen LogP contribution in [0.5, 0.6) is 0 Å². The summed E-state index contributed by atoms with van der Waals surface area (Å²) in [5.74, 6) is -0.318. The molecular weight excluding hydrogens is 356 g/mol. The third-order valence-corrected chi connectivity index (χ3v) is 7.08. The molecule has 148 valence electrons. The Morgan fingerprint density at radius 3 is 2.43 bits per heavy atom. The summed E-state index contributed by atoms with van der Waals surface area (Å²) in [6.07, 6.45) is 6.27. The van der Waals surface area contributed by atoms with Crippen LogP contribution in [0.3, 0.4) is 0 Å². The fourth-order valence-electron chi connectivity index (χ4n) is 5.74. The normalized spacial score (nSPS) is 33.5. The molecule has 1 aromatic carbocycles. The van der Waals surface area contributed by atoms with Gasteiger partial charge >= 0.3 is 5.97 Å². The number of amides is 2. The maximum absolute atomic E-state index is 12.8. The van der Waals surface area contributed by atoms with Gasteiger partial charge in [0.25, 0.3) is 5.91 Å². The molecule has 2 aliphatic carbocycles. The van der Waals surface area contributed by atoms with Crippen LogP contribution in [0.15, 0.2) is 24.3 Å². The van der Waals surface area contributed by atoms with Gasteiger partial charge in [-0.15, -0.1) is 0 Å². The second kappa shape index (κ2) is 6.90. The number of nitrogens with zero attached hydrogens (tertiary/aromatic N) is 1. The number of likely N-dealkylation sites (tertiary alicyclic amines) is 1. The monoisotopic (exact) mass is 382 g/mol. The second-order valence-electron chi connectivity index (χ2n) is 8.70. The van der Waals surface area contributed by atoms with Crippen LogP contribution in [-0.4, -0.2) is 41.9 Å². The summed E-state index contributed by atoms with van der Waals surface area (Å²) < 4.78 is 5.42. The number of esters is 1. The first-order valence-corrected chi connectivity index (χ1v) is 10.5. The zero-order chi connectivity index (χ0) is 19.3. The van der Waals surface area contributed by atoms with Crippen molar-refractivity contribution in [3.8, 4) is 0 Å². The van der Waals surface area contributed by atoms with Crippen molar-refractivity contribution in [3.63, 3.8) is 0 Å². The van der Waals surface area contributed by atoms with Gasteiger partial charge in [-0.3, -0.25) is 14.4 Å². The van der Waals surface area contributed by atoms with Crippen LogP contribution in [0.25, 0.3) is 0 Å². The van der Waals surface area contributed by atoms with Crippen LogP contribution >= 0.6 is 0 Å². The number of hydrogen-bond acceptors (Lipinski definition) is 4. The molecule has 0 spiro atoms. The summed E-state index contributed by atoms with van der Waals surface area (Å²) in [6, 6.07) is 7.13. The Hall–Kier alpha value is -2.37. The minimum absolute atomic E-state index is 0.0378. The molecule has 2 heterocycles. The van der Waals surface area contributed by atoms with Crippen LogP contribution in [-0.2, 0) is 14.3 Å². The number of anilines is 1. The van der Waals surface area contributed by atoms with Gasteiger partial charge in [0, 0.05) is 30.3 Å². The summed E-state index contributed by atoms with van der Waals surface area (Å²) in [5, 5.41) is 2.96. The van der Waals surface area contributed by atoms with Crippen LogP contribution < -0.4 is 5.32 Å². The van der Waals surface area contributed by atoms with E-state index < -0.39 is 0 Å². The Kier molecular flexibility index (Phi) is 4.37. The fraction of sp³-hybridized carbons (Fsp3) is 0.591. The summed E-state index contributed by atoms with van der Waals surface area (Å²) >= 11 is 0. The highest BCUT2D eigenvalue weighted by Crippen LogP contribution is 2.57. The fourth-order valence-corrected chi connectivity index (χ4v) is 5.74. The number of carbonyl (C=O) groups is 3. The smallest absolute Gasteiger partial charge is 0.310 e. The van der Waals surface area contributed by atoms with Gasteiger partial charge in [-0.05, 0) is 55.9 Å². The van der Waals surface area contributed by atoms with E-state index in [0.717, 1.165) is 38.8 Å². The predicted octanol–water partition coefficient (Wildman–Crippen LogP) is 2.84. The van der Waals surface area contributed by atoms with E-state index in [0.29, 0.717) is 11.3 Å². The number of carbonyl (C=O) groups excluding carboxylic acids is 3. The largest absolute Gasteiger partial charge is 0.462 e. The molecule has 4 fully saturated rings. The van der Waals surface area contributed by atoms with E-state index in [2.05, 4.69) is 5.32 Å². The molecule has 6 nitrogen and oxygen atoms in total. The third-order valence-electron chi connectivity index (χ3n) is 7.08. The van der Waals surface area contributed by atoms with E-state index in [-0.39, 0.29) is 47.6 Å². The quantitative estimate of drug-likeness (QED) is 0.816. The van der Waals surface area contributed by atoms with Crippen LogP contribution in [0.2, 0.25) is 0 Å². The zero-order valence-electron chi connectivity index (χ0n) is 15.9. The highest BCUT2D eigenvalue weighted by Gasteiger charge is 2.63. The third kappa shape index (κ3) is 2.90. The SMILES string of the molecule is O=C(Nc1ccc(C(=O)N2CCCCCC2)cc1)[C@@H]1[C@@H]2C[C@H]3[C@@H]1C(=O)O[C@@H]3C2. The van der Waals surface area contributed by atoms with E-state index in [1.807, 2.05) is 4.90 Å². The highest BCUT2D eigenvalue weighted by molar-refractivity contribution is 5.98. The molecule has 1 N–H and O–H groups in total. The van der Waals surface area contributed by atoms with Crippen molar-refractivity contribution in [2.45, 2.75) is 44.6 Å². The van der Waals surface area contributed by atoms with Gasteiger partial charge in [0.1, 0.15) is 6.10 Å². The maximum Gasteiger partial charge on any atom is 0.310 e. The number of hydrogen-bond donors (Lipinski definition) is 1. The molecule has 2 amide bonds. The Balaban J connectivity index is 1.25. The lowest BCUT2D eigenvalue weighted by molar-refractivity contribution is -0.145. The number of ether oxygens (including phenoxy) is 1. The van der Waals surface area contributed by atoms with Crippen LogP contribution in [0, 0.1) is 23.7 Å². The van der Waals surface area contributed by atoms with Gasteiger partial charge in [-0.25, -0.2) is 0 Å². The Labute approximate surface area is 164 Å². The molecule has 5 atom stereocenters. The minimum atomic E-state index is -0.283. The minimum Gasteiger partial charge on any atom is -0.462 e. The molecule has 5 rings (SSSR count). The van der Waals surface area contributed by atoms with Crippen molar-refractivity contribution < 1.29 is 19.1 Å². The van der Waals surface area contributed by atoms with Crippen molar-refractivity contribution in [2.75, 3.05) is 18.4 Å². The topological polar surface area (TPSA) is 75.7 Å². The first-order chi connectivity index (χ1) is 13.6. The van der Waals surface area contributed by atoms with Gasteiger partial charge in [0.2, 0.25) is 5.91 Å². The van der Waals surface area contributed by atoms with Crippen LogP contribution in [0.4, 0.5) is 5.69 Å². The lowest BCUT2D eigenvalue weighted by atomic mass is 9.79. The van der Waals surface area contributed by atoms with Gasteiger partial charge in [-0.1, -0.05) is 12.8 Å². The second-order valence-corrected chi connectivity index (χ2v) is 8.70. The first kappa shape index (κ1) is 17.7. The van der Waals surface area contributed by atoms with Gasteiger partial charge in [0.05, 0.1) is 11.8 Å². The first-order valence-electron chi connectivity index (χ1n) is 10.5. The average molecular weight is 382 g/mol.